The molecule has 11 heavy (non-hydrogen) atoms. The molecule has 1 saturated heterocycles. The zero-order valence-electron chi connectivity index (χ0n) is 6.38. The number of rotatable bonds is 2. The summed E-state index contributed by atoms with van der Waals surface area (Å²) in [4.78, 5) is 10.4. The molecule has 3 N–H and O–H groups in total. The molecule has 0 aromatic heterocycles. The maximum atomic E-state index is 10.4. The number of carboxylic acid groups (broad SMARTS) is 1. The van der Waals surface area contributed by atoms with Crippen LogP contribution in [0.5, 0.6) is 0 Å². The molecule has 0 aromatic carbocycles. The Kier molecular flexibility index (Phi) is 2.78. The van der Waals surface area contributed by atoms with Gasteiger partial charge >= 0.3 is 5.97 Å². The van der Waals surface area contributed by atoms with Crippen molar-refractivity contribution in [3.63, 3.8) is 0 Å². The van der Waals surface area contributed by atoms with E-state index in [1.807, 2.05) is 0 Å². The maximum absolute atomic E-state index is 10.4. The first kappa shape index (κ1) is 8.87. The van der Waals surface area contributed by atoms with Gasteiger partial charge in [0.05, 0.1) is 6.42 Å². The fraction of sp³-hybridized carbons (Fsp3) is 0.857. The van der Waals surface area contributed by atoms with Gasteiger partial charge in [-0.1, -0.05) is 0 Å². The largest absolute Gasteiger partial charge is 0.481 e. The van der Waals surface area contributed by atoms with Crippen LogP contribution in [0.1, 0.15) is 19.3 Å². The Hall–Kier alpha value is -0.220. The highest BCUT2D eigenvalue weighted by Gasteiger charge is 2.30. The van der Waals surface area contributed by atoms with E-state index in [9.17, 15) is 4.79 Å². The second-order valence-corrected chi connectivity index (χ2v) is 4.19. The molecule has 0 aliphatic carbocycles. The fourth-order valence-electron chi connectivity index (χ4n) is 1.31. The second-order valence-electron chi connectivity index (χ2n) is 3.09. The van der Waals surface area contributed by atoms with Crippen LogP contribution in [0.25, 0.3) is 0 Å². The van der Waals surface area contributed by atoms with Crippen LogP contribution in [0.15, 0.2) is 0 Å². The van der Waals surface area contributed by atoms with Crippen LogP contribution in [0.4, 0.5) is 0 Å². The van der Waals surface area contributed by atoms with Gasteiger partial charge in [0.15, 0.2) is 0 Å². The highest BCUT2D eigenvalue weighted by Crippen LogP contribution is 2.26. The zero-order chi connectivity index (χ0) is 8.32. The molecular formula is C7H13NO2S. The number of carboxylic acids is 1. The number of hydrogen-bond donors (Lipinski definition) is 2. The van der Waals surface area contributed by atoms with Crippen LogP contribution >= 0.6 is 11.8 Å². The van der Waals surface area contributed by atoms with Crippen LogP contribution in [0, 0.1) is 0 Å². The molecule has 1 atom stereocenters. The molecule has 1 unspecified atom stereocenters. The summed E-state index contributed by atoms with van der Waals surface area (Å²) >= 11 is 1.76. The normalized spacial score (nSPS) is 31.7. The number of carbonyl (C=O) groups is 1. The van der Waals surface area contributed by atoms with Gasteiger partial charge in [-0.05, 0) is 18.6 Å². The van der Waals surface area contributed by atoms with E-state index in [2.05, 4.69) is 0 Å². The van der Waals surface area contributed by atoms with Crippen molar-refractivity contribution in [1.29, 1.82) is 0 Å². The van der Waals surface area contributed by atoms with Crippen molar-refractivity contribution in [3.8, 4) is 0 Å². The molecule has 0 radical (unpaired) electrons. The van der Waals surface area contributed by atoms with Crippen LogP contribution in [-0.2, 0) is 4.79 Å². The lowest BCUT2D eigenvalue weighted by Gasteiger charge is -2.31. The van der Waals surface area contributed by atoms with E-state index in [0.29, 0.717) is 0 Å². The molecule has 1 fully saturated rings. The second kappa shape index (κ2) is 3.45. The number of thioether (sulfide) groups is 1. The van der Waals surface area contributed by atoms with Crippen molar-refractivity contribution in [2.24, 2.45) is 5.73 Å². The molecule has 1 rings (SSSR count). The molecule has 0 saturated carbocycles. The minimum absolute atomic E-state index is 0.111. The average Bonchev–Trinajstić information content (AvgIpc) is 1.85. The lowest BCUT2D eigenvalue weighted by atomic mass is 9.93. The summed E-state index contributed by atoms with van der Waals surface area (Å²) < 4.78 is 0. The van der Waals surface area contributed by atoms with Crippen molar-refractivity contribution >= 4 is 17.7 Å². The summed E-state index contributed by atoms with van der Waals surface area (Å²) in [5.74, 6) is 1.13. The molecule has 0 amide bonds. The van der Waals surface area contributed by atoms with E-state index in [1.165, 1.54) is 0 Å². The highest BCUT2D eigenvalue weighted by molar-refractivity contribution is 7.99. The summed E-state index contributed by atoms with van der Waals surface area (Å²) in [6.45, 7) is 0. The number of nitrogens with two attached hydrogens (primary N) is 1. The fourth-order valence-corrected chi connectivity index (χ4v) is 2.46. The van der Waals surface area contributed by atoms with Gasteiger partial charge in [-0.3, -0.25) is 4.79 Å². The molecule has 0 spiro atoms. The van der Waals surface area contributed by atoms with Crippen LogP contribution in [0.3, 0.4) is 0 Å². The number of aliphatic carboxylic acids is 1. The molecule has 1 aliphatic heterocycles. The van der Waals surface area contributed by atoms with Crippen LogP contribution in [-0.4, -0.2) is 28.1 Å². The average molecular weight is 175 g/mol. The maximum Gasteiger partial charge on any atom is 0.305 e. The Morgan fingerprint density at radius 2 is 2.45 bits per heavy atom. The van der Waals surface area contributed by atoms with E-state index in [0.717, 1.165) is 24.3 Å². The van der Waals surface area contributed by atoms with E-state index in [4.69, 9.17) is 10.8 Å². The molecule has 4 heteroatoms. The first-order valence-corrected chi connectivity index (χ1v) is 4.86. The topological polar surface area (TPSA) is 63.3 Å². The van der Waals surface area contributed by atoms with Gasteiger partial charge in [0, 0.05) is 11.3 Å². The van der Waals surface area contributed by atoms with Gasteiger partial charge in [0.2, 0.25) is 0 Å². The van der Waals surface area contributed by atoms with Gasteiger partial charge in [-0.15, -0.1) is 0 Å². The lowest BCUT2D eigenvalue weighted by Crippen LogP contribution is -2.46. The smallest absolute Gasteiger partial charge is 0.305 e. The Balaban J connectivity index is 2.43. The Morgan fingerprint density at radius 3 is 2.91 bits per heavy atom. The van der Waals surface area contributed by atoms with E-state index < -0.39 is 11.5 Å². The highest BCUT2D eigenvalue weighted by atomic mass is 32.2. The first-order valence-electron chi connectivity index (χ1n) is 3.71. The lowest BCUT2D eigenvalue weighted by molar-refractivity contribution is -0.138. The summed E-state index contributed by atoms with van der Waals surface area (Å²) in [5, 5.41) is 8.54. The van der Waals surface area contributed by atoms with Crippen molar-refractivity contribution in [3.05, 3.63) is 0 Å². The van der Waals surface area contributed by atoms with E-state index in [-0.39, 0.29) is 6.42 Å². The van der Waals surface area contributed by atoms with Crippen molar-refractivity contribution in [1.82, 2.24) is 0 Å². The van der Waals surface area contributed by atoms with E-state index >= 15 is 0 Å². The summed E-state index contributed by atoms with van der Waals surface area (Å²) in [7, 11) is 0. The summed E-state index contributed by atoms with van der Waals surface area (Å²) in [5.41, 5.74) is 5.42. The Bertz CT molecular complexity index is 155. The molecule has 1 heterocycles. The Morgan fingerprint density at radius 1 is 1.73 bits per heavy atom. The summed E-state index contributed by atoms with van der Waals surface area (Å²) in [6, 6.07) is 0. The molecule has 1 aliphatic rings. The SMILES string of the molecule is NC1(CC(=O)O)CCCSC1. The van der Waals surface area contributed by atoms with Gasteiger partial charge in [0.1, 0.15) is 0 Å². The third-order valence-corrected chi connectivity index (χ3v) is 3.21. The van der Waals surface area contributed by atoms with Crippen LogP contribution in [0.2, 0.25) is 0 Å². The minimum atomic E-state index is -0.782. The van der Waals surface area contributed by atoms with Crippen molar-refractivity contribution in [2.45, 2.75) is 24.8 Å². The van der Waals surface area contributed by atoms with Gasteiger partial charge in [0.25, 0.3) is 0 Å². The number of hydrogen-bond acceptors (Lipinski definition) is 3. The predicted molar refractivity (Wildman–Crippen MR) is 45.7 cm³/mol. The third kappa shape index (κ3) is 2.71. The summed E-state index contributed by atoms with van der Waals surface area (Å²) in [6.07, 6.45) is 2.01. The minimum Gasteiger partial charge on any atom is -0.481 e. The monoisotopic (exact) mass is 175 g/mol. The van der Waals surface area contributed by atoms with Gasteiger partial charge in [-0.25, -0.2) is 0 Å². The quantitative estimate of drug-likeness (QED) is 0.648. The van der Waals surface area contributed by atoms with Crippen LogP contribution < -0.4 is 5.73 Å². The Labute approximate surface area is 70.3 Å². The molecule has 64 valence electrons. The standard InChI is InChI=1S/C7H13NO2S/c8-7(4-6(9)10)2-1-3-11-5-7/h1-5,8H2,(H,9,10). The zero-order valence-corrected chi connectivity index (χ0v) is 7.19. The third-order valence-electron chi connectivity index (χ3n) is 1.86. The van der Waals surface area contributed by atoms with E-state index in [1.54, 1.807) is 11.8 Å². The molecule has 3 nitrogen and oxygen atoms in total. The van der Waals surface area contributed by atoms with Crippen molar-refractivity contribution < 1.29 is 9.90 Å². The van der Waals surface area contributed by atoms with Crippen molar-refractivity contribution in [2.75, 3.05) is 11.5 Å². The van der Waals surface area contributed by atoms with Gasteiger partial charge < -0.3 is 10.8 Å². The predicted octanol–water partition coefficient (Wildman–Crippen LogP) is 0.686. The molecule has 0 bridgehead atoms. The van der Waals surface area contributed by atoms with Gasteiger partial charge in [-0.2, -0.15) is 11.8 Å². The first-order chi connectivity index (χ1) is 5.12. The molecule has 0 aromatic rings. The molecular weight excluding hydrogens is 162 g/mol.